The van der Waals surface area contributed by atoms with E-state index in [1.165, 1.54) is 0 Å². The minimum atomic E-state index is -0.108. The molecule has 126 valence electrons. The molecule has 0 atom stereocenters. The van der Waals surface area contributed by atoms with E-state index in [0.717, 1.165) is 40.8 Å². The Bertz CT molecular complexity index is 975. The van der Waals surface area contributed by atoms with Gasteiger partial charge in [-0.05, 0) is 71.1 Å². The summed E-state index contributed by atoms with van der Waals surface area (Å²) in [5, 5.41) is 9.30. The van der Waals surface area contributed by atoms with E-state index in [4.69, 9.17) is 0 Å². The third-order valence-electron chi connectivity index (χ3n) is 4.45. The van der Waals surface area contributed by atoms with Gasteiger partial charge < -0.3 is 4.90 Å². The van der Waals surface area contributed by atoms with Crippen LogP contribution in [0.3, 0.4) is 0 Å². The second-order valence-corrected chi connectivity index (χ2v) is 6.62. The molecular formula is C18H23N5O. The maximum absolute atomic E-state index is 12.8. The fourth-order valence-electron chi connectivity index (χ4n) is 2.91. The highest BCUT2D eigenvalue weighted by Crippen LogP contribution is 2.22. The fraction of sp³-hybridized carbons (Fsp3) is 0.444. The monoisotopic (exact) mass is 325 g/mol. The Morgan fingerprint density at radius 3 is 2.46 bits per heavy atom. The van der Waals surface area contributed by atoms with Crippen LogP contribution in [0.25, 0.3) is 21.9 Å². The van der Waals surface area contributed by atoms with Crippen molar-refractivity contribution in [2.24, 2.45) is 0 Å². The Morgan fingerprint density at radius 1 is 1.04 bits per heavy atom. The van der Waals surface area contributed by atoms with Gasteiger partial charge in [0.25, 0.3) is 5.56 Å². The van der Waals surface area contributed by atoms with E-state index in [1.54, 1.807) is 4.57 Å². The topological polar surface area (TPSA) is 63.9 Å². The van der Waals surface area contributed by atoms with E-state index in [2.05, 4.69) is 27.0 Å². The highest BCUT2D eigenvalue weighted by molar-refractivity contribution is 6.01. The first-order valence-corrected chi connectivity index (χ1v) is 8.18. The van der Waals surface area contributed by atoms with Crippen LogP contribution >= 0.6 is 0 Å². The van der Waals surface area contributed by atoms with Crippen LogP contribution in [0.2, 0.25) is 0 Å². The molecule has 0 aliphatic rings. The van der Waals surface area contributed by atoms with Crippen molar-refractivity contribution in [1.82, 2.24) is 24.6 Å². The molecule has 0 spiro atoms. The summed E-state index contributed by atoms with van der Waals surface area (Å²) in [6.07, 6.45) is 0.889. The van der Waals surface area contributed by atoms with Crippen LogP contribution in [-0.4, -0.2) is 45.3 Å². The second kappa shape index (κ2) is 6.28. The number of benzene rings is 1. The first-order chi connectivity index (χ1) is 11.4. The van der Waals surface area contributed by atoms with E-state index in [9.17, 15) is 4.79 Å². The Morgan fingerprint density at radius 2 is 1.75 bits per heavy atom. The largest absolute Gasteiger partial charge is 0.309 e. The highest BCUT2D eigenvalue weighted by Gasteiger charge is 2.14. The lowest BCUT2D eigenvalue weighted by atomic mass is 10.1. The van der Waals surface area contributed by atoms with E-state index in [-0.39, 0.29) is 5.56 Å². The number of fused-ring (bicyclic) bond motifs is 3. The van der Waals surface area contributed by atoms with Gasteiger partial charge in [-0.15, -0.1) is 10.2 Å². The number of nitrogens with zero attached hydrogens (tertiary/aromatic N) is 5. The van der Waals surface area contributed by atoms with Crippen molar-refractivity contribution < 1.29 is 0 Å². The van der Waals surface area contributed by atoms with Crippen molar-refractivity contribution in [1.29, 1.82) is 0 Å². The van der Waals surface area contributed by atoms with Crippen LogP contribution in [0.5, 0.6) is 0 Å². The van der Waals surface area contributed by atoms with Gasteiger partial charge in [0.05, 0.1) is 5.52 Å². The lowest BCUT2D eigenvalue weighted by Crippen LogP contribution is -2.26. The molecule has 1 aromatic carbocycles. The average molecular weight is 325 g/mol. The molecule has 0 bridgehead atoms. The second-order valence-electron chi connectivity index (χ2n) is 6.62. The lowest BCUT2D eigenvalue weighted by Gasteiger charge is -2.13. The zero-order valence-corrected chi connectivity index (χ0v) is 14.9. The number of hydrogen-bond acceptors (Lipinski definition) is 5. The minimum Gasteiger partial charge on any atom is -0.309 e. The predicted molar refractivity (Wildman–Crippen MR) is 96.5 cm³/mol. The summed E-state index contributed by atoms with van der Waals surface area (Å²) in [5.41, 5.74) is 3.98. The van der Waals surface area contributed by atoms with Gasteiger partial charge in [-0.1, -0.05) is 0 Å². The van der Waals surface area contributed by atoms with Crippen molar-refractivity contribution in [2.45, 2.75) is 33.7 Å². The summed E-state index contributed by atoms with van der Waals surface area (Å²) in [7, 11) is 4.05. The molecule has 6 nitrogen and oxygen atoms in total. The van der Waals surface area contributed by atoms with E-state index < -0.39 is 0 Å². The standard InChI is InChI=1S/C18H23N5O/c1-11-9-14-15(10-12(11)2)20-21-17-16(14)19-13(3)23(18(17)24)8-6-7-22(4)5/h9-10H,6-8H2,1-5H3. The van der Waals surface area contributed by atoms with Gasteiger partial charge in [0.1, 0.15) is 11.3 Å². The Hall–Kier alpha value is -2.34. The van der Waals surface area contributed by atoms with E-state index in [1.807, 2.05) is 40.1 Å². The van der Waals surface area contributed by atoms with Crippen molar-refractivity contribution in [2.75, 3.05) is 20.6 Å². The van der Waals surface area contributed by atoms with E-state index in [0.29, 0.717) is 17.6 Å². The Balaban J connectivity index is 2.17. The number of aromatic nitrogens is 4. The van der Waals surface area contributed by atoms with Crippen LogP contribution in [0.15, 0.2) is 16.9 Å². The molecule has 0 aliphatic heterocycles. The summed E-state index contributed by atoms with van der Waals surface area (Å²) in [6.45, 7) is 7.53. The SMILES string of the molecule is Cc1cc2nnc3c(=O)n(CCCN(C)C)c(C)nc3c2cc1C. The van der Waals surface area contributed by atoms with Gasteiger partial charge in [-0.3, -0.25) is 9.36 Å². The van der Waals surface area contributed by atoms with Crippen molar-refractivity contribution in [3.63, 3.8) is 0 Å². The van der Waals surface area contributed by atoms with Gasteiger partial charge in [0, 0.05) is 11.9 Å². The number of rotatable bonds is 4. The molecular weight excluding hydrogens is 302 g/mol. The molecule has 0 amide bonds. The van der Waals surface area contributed by atoms with Crippen LogP contribution < -0.4 is 5.56 Å². The van der Waals surface area contributed by atoms with Crippen LogP contribution in [-0.2, 0) is 6.54 Å². The molecule has 0 fully saturated rings. The molecule has 0 saturated carbocycles. The van der Waals surface area contributed by atoms with Crippen molar-refractivity contribution in [3.05, 3.63) is 39.4 Å². The highest BCUT2D eigenvalue weighted by atomic mass is 16.1. The molecule has 0 saturated heterocycles. The number of aryl methyl sites for hydroxylation is 3. The van der Waals surface area contributed by atoms with Crippen LogP contribution in [0.4, 0.5) is 0 Å². The van der Waals surface area contributed by atoms with Crippen molar-refractivity contribution >= 4 is 21.9 Å². The summed E-state index contributed by atoms with van der Waals surface area (Å²) in [5.74, 6) is 0.721. The van der Waals surface area contributed by atoms with Crippen molar-refractivity contribution in [3.8, 4) is 0 Å². The minimum absolute atomic E-state index is 0.108. The molecule has 2 aromatic heterocycles. The number of hydrogen-bond donors (Lipinski definition) is 0. The van der Waals surface area contributed by atoms with Crippen LogP contribution in [0.1, 0.15) is 23.4 Å². The molecule has 3 aromatic rings. The summed E-state index contributed by atoms with van der Waals surface area (Å²) in [6, 6.07) is 4.04. The van der Waals surface area contributed by atoms with Crippen LogP contribution in [0, 0.1) is 20.8 Å². The fourth-order valence-corrected chi connectivity index (χ4v) is 2.91. The summed E-state index contributed by atoms with van der Waals surface area (Å²) >= 11 is 0. The maximum Gasteiger partial charge on any atom is 0.281 e. The smallest absolute Gasteiger partial charge is 0.281 e. The molecule has 3 rings (SSSR count). The quantitative estimate of drug-likeness (QED) is 0.688. The summed E-state index contributed by atoms with van der Waals surface area (Å²) < 4.78 is 1.70. The van der Waals surface area contributed by atoms with Gasteiger partial charge in [-0.25, -0.2) is 4.98 Å². The molecule has 24 heavy (non-hydrogen) atoms. The zero-order valence-electron chi connectivity index (χ0n) is 14.9. The van der Waals surface area contributed by atoms with E-state index >= 15 is 0 Å². The molecule has 2 heterocycles. The predicted octanol–water partition coefficient (Wildman–Crippen LogP) is 2.22. The molecule has 0 N–H and O–H groups in total. The Labute approximate surface area is 141 Å². The average Bonchev–Trinajstić information content (AvgIpc) is 2.51. The van der Waals surface area contributed by atoms with Gasteiger partial charge in [-0.2, -0.15) is 0 Å². The third kappa shape index (κ3) is 2.89. The molecule has 0 aliphatic carbocycles. The normalized spacial score (nSPS) is 11.8. The van der Waals surface area contributed by atoms with Gasteiger partial charge in [0.15, 0.2) is 5.52 Å². The third-order valence-corrected chi connectivity index (χ3v) is 4.45. The maximum atomic E-state index is 12.8. The summed E-state index contributed by atoms with van der Waals surface area (Å²) in [4.78, 5) is 19.6. The van der Waals surface area contributed by atoms with Gasteiger partial charge >= 0.3 is 0 Å². The molecule has 6 heteroatoms. The first-order valence-electron chi connectivity index (χ1n) is 8.18. The van der Waals surface area contributed by atoms with Gasteiger partial charge in [0.2, 0.25) is 0 Å². The lowest BCUT2D eigenvalue weighted by molar-refractivity contribution is 0.383. The zero-order chi connectivity index (χ0) is 17.4. The molecule has 0 unspecified atom stereocenters. The first kappa shape index (κ1) is 16.5. The Kier molecular flexibility index (Phi) is 4.32. The molecule has 0 radical (unpaired) electrons.